The quantitative estimate of drug-likeness (QED) is 0.153. The second-order valence-electron chi connectivity index (χ2n) is 16.9. The van der Waals surface area contributed by atoms with Crippen LogP contribution in [0.1, 0.15) is 0 Å². The lowest BCUT2D eigenvalue weighted by Gasteiger charge is -2.25. The largest absolute Gasteiger partial charge is 0.456 e. The molecule has 0 aliphatic heterocycles. The van der Waals surface area contributed by atoms with Crippen molar-refractivity contribution >= 4 is 71.8 Å². The van der Waals surface area contributed by atoms with Crippen molar-refractivity contribution in [2.45, 2.75) is 0 Å². The van der Waals surface area contributed by atoms with E-state index in [4.69, 9.17) is 8.83 Å². The first-order chi connectivity index (χ1) is 32.7. The lowest BCUT2D eigenvalue weighted by atomic mass is 10.0. The van der Waals surface area contributed by atoms with Gasteiger partial charge in [0, 0.05) is 61.7 Å². The maximum Gasteiger partial charge on any atom is 0.159 e. The lowest BCUT2D eigenvalue weighted by Crippen LogP contribution is -2.10. The Hall–Kier alpha value is -8.86. The maximum atomic E-state index is 6.98. The molecule has 0 unspecified atom stereocenters. The van der Waals surface area contributed by atoms with Gasteiger partial charge in [0.1, 0.15) is 16.7 Å². The van der Waals surface area contributed by atoms with E-state index in [1.807, 2.05) is 6.07 Å². The van der Waals surface area contributed by atoms with Crippen LogP contribution in [0.5, 0.6) is 0 Å². The van der Waals surface area contributed by atoms with Crippen molar-refractivity contribution in [3.63, 3.8) is 0 Å². The van der Waals surface area contributed by atoms with Gasteiger partial charge < -0.3 is 18.3 Å². The minimum Gasteiger partial charge on any atom is -0.456 e. The molecule has 0 aliphatic rings. The number of para-hydroxylation sites is 3. The van der Waals surface area contributed by atoms with Gasteiger partial charge in [-0.15, -0.1) is 0 Å². The highest BCUT2D eigenvalue weighted by atomic mass is 16.3. The van der Waals surface area contributed by atoms with Gasteiger partial charge in [0.15, 0.2) is 5.58 Å². The average molecular weight is 845 g/mol. The fraction of sp³-hybridized carbons (Fsp3) is 0. The Morgan fingerprint density at radius 3 is 1.59 bits per heavy atom. The third-order valence-electron chi connectivity index (χ3n) is 13.1. The third kappa shape index (κ3) is 6.30. The average Bonchev–Trinajstić information content (AvgIpc) is 4.09. The molecule has 4 heteroatoms. The molecule has 310 valence electrons. The van der Waals surface area contributed by atoms with Crippen molar-refractivity contribution in [3.05, 3.63) is 243 Å². The van der Waals surface area contributed by atoms with E-state index in [1.165, 1.54) is 27.6 Å². The molecule has 13 rings (SSSR count). The van der Waals surface area contributed by atoms with Crippen molar-refractivity contribution in [1.29, 1.82) is 0 Å². The van der Waals surface area contributed by atoms with Crippen molar-refractivity contribution < 1.29 is 8.83 Å². The molecule has 66 heavy (non-hydrogen) atoms. The van der Waals surface area contributed by atoms with Crippen LogP contribution in [0.4, 0.5) is 17.1 Å². The molecular weight excluding hydrogens is 805 g/mol. The summed E-state index contributed by atoms with van der Waals surface area (Å²) < 4.78 is 16.1. The fourth-order valence-corrected chi connectivity index (χ4v) is 9.83. The van der Waals surface area contributed by atoms with Gasteiger partial charge in [-0.1, -0.05) is 170 Å². The van der Waals surface area contributed by atoms with E-state index in [0.29, 0.717) is 0 Å². The summed E-state index contributed by atoms with van der Waals surface area (Å²) in [5.74, 6) is 0. The fourth-order valence-electron chi connectivity index (χ4n) is 9.83. The minimum absolute atomic E-state index is 0.817. The van der Waals surface area contributed by atoms with Crippen LogP contribution < -0.4 is 4.90 Å². The molecule has 3 heterocycles. The summed E-state index contributed by atoms with van der Waals surface area (Å²) in [7, 11) is 0. The summed E-state index contributed by atoms with van der Waals surface area (Å²) in [6.45, 7) is 0. The molecule has 0 saturated carbocycles. The minimum atomic E-state index is 0.817. The first-order valence-electron chi connectivity index (χ1n) is 22.4. The van der Waals surface area contributed by atoms with Crippen LogP contribution in [0.3, 0.4) is 0 Å². The van der Waals surface area contributed by atoms with Gasteiger partial charge in [-0.05, 0) is 94.0 Å². The molecule has 0 radical (unpaired) electrons. The van der Waals surface area contributed by atoms with Gasteiger partial charge in [0.25, 0.3) is 0 Å². The monoisotopic (exact) mass is 844 g/mol. The van der Waals surface area contributed by atoms with Crippen molar-refractivity contribution in [1.82, 2.24) is 4.57 Å². The van der Waals surface area contributed by atoms with Crippen LogP contribution in [-0.4, -0.2) is 4.57 Å². The second-order valence-corrected chi connectivity index (χ2v) is 16.9. The van der Waals surface area contributed by atoms with Crippen LogP contribution in [-0.2, 0) is 0 Å². The molecule has 3 aromatic heterocycles. The molecule has 0 atom stereocenters. The van der Waals surface area contributed by atoms with Crippen LogP contribution in [0.2, 0.25) is 0 Å². The second kappa shape index (κ2) is 15.4. The van der Waals surface area contributed by atoms with Crippen LogP contribution >= 0.6 is 0 Å². The van der Waals surface area contributed by atoms with Crippen LogP contribution in [0, 0.1) is 0 Å². The zero-order valence-electron chi connectivity index (χ0n) is 35.8. The zero-order valence-corrected chi connectivity index (χ0v) is 35.8. The predicted molar refractivity (Wildman–Crippen MR) is 274 cm³/mol. The van der Waals surface area contributed by atoms with E-state index in [0.717, 1.165) is 94.4 Å². The predicted octanol–water partition coefficient (Wildman–Crippen LogP) is 17.6. The van der Waals surface area contributed by atoms with E-state index in [2.05, 4.69) is 246 Å². The van der Waals surface area contributed by atoms with Crippen molar-refractivity contribution in [2.75, 3.05) is 4.90 Å². The molecule has 0 N–H and O–H groups in total. The molecule has 4 nitrogen and oxygen atoms in total. The van der Waals surface area contributed by atoms with E-state index in [-0.39, 0.29) is 0 Å². The molecule has 0 saturated heterocycles. The highest BCUT2D eigenvalue weighted by Gasteiger charge is 2.22. The number of furan rings is 2. The molecular formula is C62H40N2O2. The summed E-state index contributed by atoms with van der Waals surface area (Å²) in [6.07, 6.45) is 2.25. The summed E-state index contributed by atoms with van der Waals surface area (Å²) in [5.41, 5.74) is 17.8. The summed E-state index contributed by atoms with van der Waals surface area (Å²) >= 11 is 0. The Balaban J connectivity index is 0.897. The molecule has 0 bridgehead atoms. The van der Waals surface area contributed by atoms with Gasteiger partial charge in [0.2, 0.25) is 0 Å². The smallest absolute Gasteiger partial charge is 0.159 e. The third-order valence-corrected chi connectivity index (χ3v) is 13.1. The molecule has 0 amide bonds. The molecule has 13 aromatic rings. The highest BCUT2D eigenvalue weighted by Crippen LogP contribution is 2.46. The molecule has 0 spiro atoms. The Labute approximate surface area is 381 Å². The zero-order chi connectivity index (χ0) is 43.6. The summed E-state index contributed by atoms with van der Waals surface area (Å²) in [6, 6.07) is 83.8. The SMILES string of the molecule is c1ccc(-c2ccc(N(c3ccc4c(c3)oc3cc(-c5ccc(-n6cc(-c7ccccc7)c7ccccc76)cc5)ccc34)c3cccc4c3oc3c(-c5ccccc5)cccc34)cc2)cc1. The summed E-state index contributed by atoms with van der Waals surface area (Å²) in [5, 5.41) is 5.53. The van der Waals surface area contributed by atoms with Gasteiger partial charge in [-0.3, -0.25) is 0 Å². The van der Waals surface area contributed by atoms with Gasteiger partial charge >= 0.3 is 0 Å². The lowest BCUT2D eigenvalue weighted by molar-refractivity contribution is 0.668. The number of anilines is 3. The number of rotatable bonds is 8. The number of hydrogen-bond donors (Lipinski definition) is 0. The molecule has 10 aromatic carbocycles. The highest BCUT2D eigenvalue weighted by molar-refractivity contribution is 6.14. The van der Waals surface area contributed by atoms with Gasteiger partial charge in [-0.25, -0.2) is 0 Å². The van der Waals surface area contributed by atoms with E-state index in [9.17, 15) is 0 Å². The first-order valence-corrected chi connectivity index (χ1v) is 22.4. The van der Waals surface area contributed by atoms with E-state index < -0.39 is 0 Å². The van der Waals surface area contributed by atoms with E-state index in [1.54, 1.807) is 0 Å². The Bertz CT molecular complexity index is 3900. The van der Waals surface area contributed by atoms with E-state index >= 15 is 0 Å². The number of nitrogens with zero attached hydrogens (tertiary/aromatic N) is 2. The first kappa shape index (κ1) is 37.7. The Kier molecular flexibility index (Phi) is 8.81. The number of aromatic nitrogens is 1. The Morgan fingerprint density at radius 2 is 0.848 bits per heavy atom. The topological polar surface area (TPSA) is 34.5 Å². The normalized spacial score (nSPS) is 11.6. The molecule has 0 fully saturated rings. The maximum absolute atomic E-state index is 6.98. The number of fused-ring (bicyclic) bond motifs is 7. The number of hydrogen-bond acceptors (Lipinski definition) is 3. The molecule has 0 aliphatic carbocycles. The standard InChI is InChI=1S/C62H40N2O2/c1-4-14-41(15-5-1)42-28-33-48(34-29-42)64(58-25-13-23-55-54-22-12-21-50(61(54)66-62(55)58)44-16-6-2-7-17-44)49-35-37-53-52-36-30-46(38-59(52)65-60(53)39-49)43-26-31-47(32-27-43)63-40-56(45-18-8-3-9-19-45)51-20-10-11-24-57(51)63/h1-40H. The van der Waals surface area contributed by atoms with Crippen molar-refractivity contribution in [2.24, 2.45) is 0 Å². The van der Waals surface area contributed by atoms with Crippen LogP contribution in [0.25, 0.3) is 105 Å². The van der Waals surface area contributed by atoms with Crippen LogP contribution in [0.15, 0.2) is 252 Å². The number of benzene rings is 10. The Morgan fingerprint density at radius 1 is 0.318 bits per heavy atom. The van der Waals surface area contributed by atoms with Gasteiger partial charge in [0.05, 0.1) is 16.9 Å². The van der Waals surface area contributed by atoms with Gasteiger partial charge in [-0.2, -0.15) is 0 Å². The summed E-state index contributed by atoms with van der Waals surface area (Å²) in [4.78, 5) is 2.29. The van der Waals surface area contributed by atoms with Crippen molar-refractivity contribution in [3.8, 4) is 50.2 Å².